The summed E-state index contributed by atoms with van der Waals surface area (Å²) in [6.07, 6.45) is -4.70. The minimum Gasteiger partial charge on any atom is -0.475 e. The Morgan fingerprint density at radius 3 is 2.08 bits per heavy atom. The van der Waals surface area contributed by atoms with Gasteiger partial charge in [-0.2, -0.15) is 26.3 Å². The molecule has 16 heteroatoms. The van der Waals surface area contributed by atoms with Crippen LogP contribution in [0, 0.1) is 11.7 Å². The number of likely N-dealkylation sites (tertiary alicyclic amines) is 1. The van der Waals surface area contributed by atoms with Crippen LogP contribution in [-0.2, 0) is 19.1 Å². The van der Waals surface area contributed by atoms with E-state index in [1.807, 2.05) is 0 Å². The summed E-state index contributed by atoms with van der Waals surface area (Å²) >= 11 is 0. The smallest absolute Gasteiger partial charge is 0.475 e. The van der Waals surface area contributed by atoms with Gasteiger partial charge in [0.25, 0.3) is 5.88 Å². The monoisotopic (exact) mass is 564 g/mol. The predicted molar refractivity (Wildman–Crippen MR) is 114 cm³/mol. The summed E-state index contributed by atoms with van der Waals surface area (Å²) in [7, 11) is 0. The molecule has 4 heterocycles. The average Bonchev–Trinajstić information content (AvgIpc) is 2.80. The molecule has 3 saturated heterocycles. The van der Waals surface area contributed by atoms with E-state index in [0.29, 0.717) is 6.61 Å². The number of carbonyl (C=O) groups is 2. The minimum absolute atomic E-state index is 0.0200. The minimum atomic E-state index is -5.08. The summed E-state index contributed by atoms with van der Waals surface area (Å²) < 4.78 is 94.5. The Bertz CT molecular complexity index is 894. The van der Waals surface area contributed by atoms with E-state index in [4.69, 9.17) is 34.0 Å². The highest BCUT2D eigenvalue weighted by Crippen LogP contribution is 2.36. The third-order valence-corrected chi connectivity index (χ3v) is 5.82. The van der Waals surface area contributed by atoms with Crippen molar-refractivity contribution in [2.75, 3.05) is 39.5 Å². The van der Waals surface area contributed by atoms with Crippen molar-refractivity contribution >= 4 is 11.9 Å². The molecular weight excluding hydrogens is 537 g/mol. The summed E-state index contributed by atoms with van der Waals surface area (Å²) in [4.78, 5) is 24.3. The summed E-state index contributed by atoms with van der Waals surface area (Å²) in [5.74, 6) is -5.06. The molecule has 216 valence electrons. The van der Waals surface area contributed by atoms with Crippen molar-refractivity contribution in [2.45, 2.75) is 49.7 Å². The molecule has 2 N–H and O–H groups in total. The van der Waals surface area contributed by atoms with Crippen LogP contribution in [0.25, 0.3) is 0 Å². The first kappa shape index (κ1) is 31.5. The topological polar surface area (TPSA) is 118 Å². The van der Waals surface area contributed by atoms with Crippen molar-refractivity contribution in [1.29, 1.82) is 0 Å². The number of carboxylic acids is 2. The molecule has 1 aromatic rings. The van der Waals surface area contributed by atoms with Gasteiger partial charge < -0.3 is 24.4 Å². The Kier molecular flexibility index (Phi) is 11.1. The highest BCUT2D eigenvalue weighted by atomic mass is 19.4. The molecule has 0 aromatic carbocycles. The fourth-order valence-electron chi connectivity index (χ4n) is 4.11. The zero-order valence-corrected chi connectivity index (χ0v) is 19.9. The third-order valence-electron chi connectivity index (χ3n) is 5.82. The zero-order valence-electron chi connectivity index (χ0n) is 19.9. The van der Waals surface area contributed by atoms with Crippen molar-refractivity contribution in [2.24, 2.45) is 5.92 Å². The van der Waals surface area contributed by atoms with Crippen LogP contribution in [0.3, 0.4) is 0 Å². The number of aromatic nitrogens is 1. The van der Waals surface area contributed by atoms with E-state index in [1.54, 1.807) is 12.3 Å². The molecule has 1 spiro atoms. The van der Waals surface area contributed by atoms with E-state index < -0.39 is 30.1 Å². The molecule has 1 unspecified atom stereocenters. The maximum atomic E-state index is 13.7. The van der Waals surface area contributed by atoms with Crippen LogP contribution >= 0.6 is 0 Å². The Hall–Kier alpha value is -2.72. The van der Waals surface area contributed by atoms with Gasteiger partial charge in [-0.3, -0.25) is 4.90 Å². The average molecular weight is 564 g/mol. The van der Waals surface area contributed by atoms with Gasteiger partial charge in [0, 0.05) is 51.9 Å². The molecule has 0 saturated carbocycles. The van der Waals surface area contributed by atoms with Gasteiger partial charge in [0.15, 0.2) is 5.82 Å². The van der Waals surface area contributed by atoms with Gasteiger partial charge in [0.2, 0.25) is 0 Å². The van der Waals surface area contributed by atoms with Crippen molar-refractivity contribution in [1.82, 2.24) is 9.88 Å². The van der Waals surface area contributed by atoms with Gasteiger partial charge in [-0.25, -0.2) is 19.0 Å². The Morgan fingerprint density at radius 2 is 1.58 bits per heavy atom. The van der Waals surface area contributed by atoms with Gasteiger partial charge in [-0.1, -0.05) is 0 Å². The maximum Gasteiger partial charge on any atom is 0.490 e. The van der Waals surface area contributed by atoms with E-state index >= 15 is 0 Å². The van der Waals surface area contributed by atoms with Crippen molar-refractivity contribution in [3.8, 4) is 5.88 Å². The van der Waals surface area contributed by atoms with Crippen LogP contribution in [0.1, 0.15) is 25.7 Å². The lowest BCUT2D eigenvalue weighted by molar-refractivity contribution is -0.193. The molecule has 0 bridgehead atoms. The lowest BCUT2D eigenvalue weighted by Crippen LogP contribution is -2.66. The molecule has 3 fully saturated rings. The first-order valence-electron chi connectivity index (χ1n) is 11.4. The van der Waals surface area contributed by atoms with E-state index in [9.17, 15) is 30.7 Å². The fourth-order valence-corrected chi connectivity index (χ4v) is 4.11. The molecule has 38 heavy (non-hydrogen) atoms. The van der Waals surface area contributed by atoms with Crippen LogP contribution in [0.5, 0.6) is 5.88 Å². The fraction of sp³-hybridized carbons (Fsp3) is 0.682. The summed E-state index contributed by atoms with van der Waals surface area (Å²) in [5, 5.41) is 14.2. The second-order valence-corrected chi connectivity index (χ2v) is 8.89. The molecule has 1 atom stereocenters. The van der Waals surface area contributed by atoms with E-state index in [1.165, 1.54) is 6.07 Å². The molecule has 3 aliphatic rings. The maximum absolute atomic E-state index is 13.7. The van der Waals surface area contributed by atoms with Crippen LogP contribution in [0.2, 0.25) is 0 Å². The van der Waals surface area contributed by atoms with Crippen molar-refractivity contribution in [3.05, 3.63) is 24.1 Å². The first-order valence-corrected chi connectivity index (χ1v) is 11.4. The standard InChI is InChI=1S/C18H25FN2O3.2C2HF3O2/c19-16-2-1-6-20-17(16)24-15-5-9-23-18(10-15)12-21(13-18)11-14-3-7-22-8-4-14;2*3-2(4,5)1(6)7/h1-2,6,14-15H,3-5,7-13H2;2*(H,6,7). The second-order valence-electron chi connectivity index (χ2n) is 8.89. The number of pyridine rings is 1. The number of halogens is 7. The van der Waals surface area contributed by atoms with Crippen molar-refractivity contribution in [3.63, 3.8) is 0 Å². The van der Waals surface area contributed by atoms with E-state index in [0.717, 1.165) is 64.4 Å². The van der Waals surface area contributed by atoms with Crippen LogP contribution in [-0.4, -0.2) is 95.5 Å². The lowest BCUT2D eigenvalue weighted by Gasteiger charge is -2.53. The number of nitrogens with zero attached hydrogens (tertiary/aromatic N) is 2. The Morgan fingerprint density at radius 1 is 1.03 bits per heavy atom. The number of hydrogen-bond acceptors (Lipinski definition) is 7. The molecule has 9 nitrogen and oxygen atoms in total. The number of hydrogen-bond donors (Lipinski definition) is 2. The van der Waals surface area contributed by atoms with Gasteiger partial charge in [-0.05, 0) is 30.9 Å². The van der Waals surface area contributed by atoms with E-state index in [-0.39, 0.29) is 17.6 Å². The lowest BCUT2D eigenvalue weighted by atomic mass is 9.83. The van der Waals surface area contributed by atoms with Crippen LogP contribution < -0.4 is 4.74 Å². The molecule has 3 aliphatic heterocycles. The molecule has 0 amide bonds. The van der Waals surface area contributed by atoms with Gasteiger partial charge in [0.1, 0.15) is 6.10 Å². The van der Waals surface area contributed by atoms with Gasteiger partial charge >= 0.3 is 24.3 Å². The normalized spacial score (nSPS) is 21.7. The van der Waals surface area contributed by atoms with Crippen molar-refractivity contribution < 1.29 is 64.7 Å². The first-order chi connectivity index (χ1) is 17.6. The highest BCUT2D eigenvalue weighted by molar-refractivity contribution is 5.73. The molecule has 4 rings (SSSR count). The number of carboxylic acid groups (broad SMARTS) is 2. The largest absolute Gasteiger partial charge is 0.490 e. The number of rotatable bonds is 4. The molecule has 0 aliphatic carbocycles. The van der Waals surface area contributed by atoms with Crippen LogP contribution in [0.15, 0.2) is 18.3 Å². The third kappa shape index (κ3) is 10.2. The highest BCUT2D eigenvalue weighted by Gasteiger charge is 2.48. The summed E-state index contributed by atoms with van der Waals surface area (Å²) in [5.41, 5.74) is -0.112. The van der Waals surface area contributed by atoms with Gasteiger partial charge in [-0.15, -0.1) is 0 Å². The molecular formula is C22H27F7N2O7. The Labute approximate surface area is 212 Å². The van der Waals surface area contributed by atoms with E-state index in [2.05, 4.69) is 9.88 Å². The zero-order chi connectivity index (χ0) is 28.6. The Balaban J connectivity index is 0.000000301. The quantitative estimate of drug-likeness (QED) is 0.530. The number of alkyl halides is 6. The van der Waals surface area contributed by atoms with Crippen LogP contribution in [0.4, 0.5) is 30.7 Å². The number of aliphatic carboxylic acids is 2. The SMILES string of the molecule is Fc1cccnc1OC1CCOC2(C1)CN(CC1CCOCC1)C2.O=C(O)C(F)(F)F.O=C(O)C(F)(F)F. The summed E-state index contributed by atoms with van der Waals surface area (Å²) in [6.45, 7) is 5.50. The molecule has 0 radical (unpaired) electrons. The summed E-state index contributed by atoms with van der Waals surface area (Å²) in [6, 6.07) is 2.96. The van der Waals surface area contributed by atoms with Gasteiger partial charge in [0.05, 0.1) is 12.2 Å². The molecule has 1 aromatic heterocycles. The predicted octanol–water partition coefficient (Wildman–Crippen LogP) is 3.53. The second kappa shape index (κ2) is 13.4. The number of ether oxygens (including phenoxy) is 3.